The Balaban J connectivity index is 1.00. The van der Waals surface area contributed by atoms with Crippen molar-refractivity contribution in [3.05, 3.63) is 135 Å². The Morgan fingerprint density at radius 3 is 2.00 bits per heavy atom. The lowest BCUT2D eigenvalue weighted by atomic mass is 9.83. The number of H-pyrrole nitrogens is 1. The third-order valence-corrected chi connectivity index (χ3v) is 11.3. The van der Waals surface area contributed by atoms with E-state index in [1.54, 1.807) is 19.1 Å². The lowest BCUT2D eigenvalue weighted by Crippen LogP contribution is -2.52. The molecule has 0 bridgehead atoms. The summed E-state index contributed by atoms with van der Waals surface area (Å²) in [6.45, 7) is 6.96. The third-order valence-electron chi connectivity index (χ3n) is 10.7. The van der Waals surface area contributed by atoms with Gasteiger partial charge in [-0.05, 0) is 84.8 Å². The van der Waals surface area contributed by atoms with Crippen LogP contribution in [0.5, 0.6) is 0 Å². The van der Waals surface area contributed by atoms with Crippen molar-refractivity contribution < 1.29 is 36.4 Å². The van der Waals surface area contributed by atoms with Crippen LogP contribution in [0.1, 0.15) is 44.5 Å². The molecule has 1 saturated heterocycles. The minimum Gasteiger partial charge on any atom is -0.368 e. The number of halogens is 4. The molecule has 3 atom stereocenters. The molecule has 0 radical (unpaired) electrons. The molecule has 0 spiro atoms. The Morgan fingerprint density at radius 2 is 1.47 bits per heavy atom. The van der Waals surface area contributed by atoms with Gasteiger partial charge < -0.3 is 19.6 Å². The lowest BCUT2D eigenvalue weighted by Gasteiger charge is -2.37. The van der Waals surface area contributed by atoms with Crippen molar-refractivity contribution in [3.63, 3.8) is 0 Å². The highest BCUT2D eigenvalue weighted by molar-refractivity contribution is 7.46. The molecule has 16 nitrogen and oxygen atoms in total. The summed E-state index contributed by atoms with van der Waals surface area (Å²) in [7, 11) is -4.76. The van der Waals surface area contributed by atoms with Crippen LogP contribution < -0.4 is 21.2 Å². The van der Waals surface area contributed by atoms with Crippen LogP contribution in [0.4, 0.5) is 28.9 Å². The largest absolute Gasteiger partial charge is 0.469 e. The summed E-state index contributed by atoms with van der Waals surface area (Å²) in [5.74, 6) is -6.32. The van der Waals surface area contributed by atoms with Crippen molar-refractivity contribution in [3.8, 4) is 16.8 Å². The number of nitrogens with zero attached hydrogens (tertiary/aromatic N) is 9. The van der Waals surface area contributed by atoms with E-state index < -0.39 is 65.7 Å². The van der Waals surface area contributed by atoms with Crippen LogP contribution in [-0.4, -0.2) is 81.6 Å². The molecule has 59 heavy (non-hydrogen) atoms. The van der Waals surface area contributed by atoms with Crippen molar-refractivity contribution in [2.75, 3.05) is 36.0 Å². The smallest absolute Gasteiger partial charge is 0.368 e. The standard InChI is InChI=1S/C38H39F4N10O6P/c1-4-33(24(2)58-59(55,56)57)51-36(54)50(23-44-51)30-13-11-29(12-14-30)49-19-17-48(18-20-49)28-9-5-25(6-10-28)26-7-16-34(43-22-26)38(41,42)37(3,52-35(53)45-46-47-52)31-15-8-27(39)21-32(31)40/h5-16,21-24,33H,4,17-20H2,1-3H3,(H,45,47,53)(H2,55,56,57)/t24-,33-,37-/m0/s1. The molecule has 1 aliphatic heterocycles. The van der Waals surface area contributed by atoms with Gasteiger partial charge in [0.05, 0.1) is 17.8 Å². The number of nitrogens with one attached hydrogen (secondary N) is 1. The summed E-state index contributed by atoms with van der Waals surface area (Å²) in [6.07, 6.45) is 2.01. The van der Waals surface area contributed by atoms with Gasteiger partial charge in [-0.3, -0.25) is 9.51 Å². The molecule has 7 rings (SSSR count). The number of piperazine rings is 1. The number of tetrazole rings is 1. The predicted octanol–water partition coefficient (Wildman–Crippen LogP) is 4.99. The van der Waals surface area contributed by atoms with Gasteiger partial charge in [-0.15, -0.1) is 0 Å². The van der Waals surface area contributed by atoms with Gasteiger partial charge in [0.2, 0.25) is 0 Å². The van der Waals surface area contributed by atoms with E-state index in [0.29, 0.717) is 60.2 Å². The van der Waals surface area contributed by atoms with Crippen molar-refractivity contribution in [2.24, 2.45) is 0 Å². The zero-order valence-corrected chi connectivity index (χ0v) is 32.8. The Morgan fingerprint density at radius 1 is 0.881 bits per heavy atom. The third kappa shape index (κ3) is 7.95. The fourth-order valence-electron chi connectivity index (χ4n) is 7.41. The highest BCUT2D eigenvalue weighted by Crippen LogP contribution is 2.47. The average Bonchev–Trinajstić information content (AvgIpc) is 3.82. The number of anilines is 2. The van der Waals surface area contributed by atoms with Crippen LogP contribution in [0.15, 0.2) is 101 Å². The van der Waals surface area contributed by atoms with E-state index >= 15 is 13.2 Å². The van der Waals surface area contributed by atoms with Gasteiger partial charge >= 0.3 is 25.1 Å². The normalized spacial score (nSPS) is 15.9. The van der Waals surface area contributed by atoms with E-state index in [9.17, 15) is 28.3 Å². The first kappa shape index (κ1) is 41.2. The topological polar surface area (TPSA) is 190 Å². The number of hydrogen-bond acceptors (Lipinski definition) is 10. The Bertz CT molecular complexity index is 2590. The van der Waals surface area contributed by atoms with Crippen LogP contribution in [0.3, 0.4) is 0 Å². The minimum atomic E-state index is -4.76. The van der Waals surface area contributed by atoms with E-state index in [0.717, 1.165) is 36.5 Å². The SMILES string of the molecule is CC[C@@H]([C@H](C)OP(=O)(O)O)n1ncn(-c2ccc(N3CCN(c4ccc(-c5ccc(C(F)(F)[C@](C)(c6ccc(F)cc6F)n6nn[nH]c6=O)nc5)cc4)CC3)cc2)c1=O. The second-order valence-electron chi connectivity index (χ2n) is 14.2. The Kier molecular flexibility index (Phi) is 11.2. The quantitative estimate of drug-likeness (QED) is 0.105. The molecule has 0 amide bonds. The number of aromatic nitrogens is 8. The number of phosphoric ester groups is 1. The zero-order valence-electron chi connectivity index (χ0n) is 31.9. The molecule has 0 saturated carbocycles. The van der Waals surface area contributed by atoms with Crippen molar-refractivity contribution in [1.29, 1.82) is 0 Å². The van der Waals surface area contributed by atoms with Crippen LogP contribution in [0.25, 0.3) is 16.8 Å². The van der Waals surface area contributed by atoms with E-state index in [2.05, 4.69) is 30.3 Å². The molecule has 21 heteroatoms. The van der Waals surface area contributed by atoms with E-state index in [1.807, 2.05) is 41.5 Å². The van der Waals surface area contributed by atoms with E-state index in [1.165, 1.54) is 34.8 Å². The summed E-state index contributed by atoms with van der Waals surface area (Å²) >= 11 is 0. The molecule has 6 aromatic rings. The molecular formula is C38H39F4N10O6P. The van der Waals surface area contributed by atoms with Crippen molar-refractivity contribution in [2.45, 2.75) is 50.8 Å². The molecule has 0 unspecified atom stereocenters. The monoisotopic (exact) mass is 838 g/mol. The van der Waals surface area contributed by atoms with Gasteiger partial charge in [0, 0.05) is 60.9 Å². The summed E-state index contributed by atoms with van der Waals surface area (Å²) in [5, 5.41) is 12.9. The highest BCUT2D eigenvalue weighted by Gasteiger charge is 2.58. The first-order chi connectivity index (χ1) is 28.0. The minimum absolute atomic E-state index is 0.319. The fourth-order valence-corrected chi connectivity index (χ4v) is 7.99. The van der Waals surface area contributed by atoms with Gasteiger partial charge in [0.25, 0.3) is 0 Å². The number of alkyl halides is 2. The van der Waals surface area contributed by atoms with Crippen LogP contribution in [-0.2, 0) is 20.6 Å². The number of pyridine rings is 1. The maximum atomic E-state index is 16.4. The average molecular weight is 839 g/mol. The number of hydrogen-bond donors (Lipinski definition) is 3. The second kappa shape index (κ2) is 16.0. The van der Waals surface area contributed by atoms with Gasteiger partial charge in [-0.1, -0.05) is 31.2 Å². The number of phosphoric acid groups is 1. The summed E-state index contributed by atoms with van der Waals surface area (Å²) in [5.41, 5.74) is -2.12. The molecule has 3 N–H and O–H groups in total. The summed E-state index contributed by atoms with van der Waals surface area (Å²) in [4.78, 5) is 52.6. The molecule has 1 aliphatic rings. The molecule has 3 aromatic heterocycles. The van der Waals surface area contributed by atoms with Crippen LogP contribution in [0.2, 0.25) is 0 Å². The predicted molar refractivity (Wildman–Crippen MR) is 207 cm³/mol. The van der Waals surface area contributed by atoms with Crippen LogP contribution >= 0.6 is 7.82 Å². The van der Waals surface area contributed by atoms with E-state index in [4.69, 9.17) is 4.52 Å². The lowest BCUT2D eigenvalue weighted by molar-refractivity contribution is -0.104. The zero-order chi connectivity index (χ0) is 42.3. The van der Waals surface area contributed by atoms with E-state index in [-0.39, 0.29) is 0 Å². The van der Waals surface area contributed by atoms with Gasteiger partial charge in [0.1, 0.15) is 23.7 Å². The molecular weight excluding hydrogens is 799 g/mol. The van der Waals surface area contributed by atoms with Gasteiger partial charge in [-0.2, -0.15) is 18.6 Å². The van der Waals surface area contributed by atoms with Gasteiger partial charge in [0.15, 0.2) is 5.54 Å². The van der Waals surface area contributed by atoms with Crippen molar-refractivity contribution in [1.82, 2.24) is 39.5 Å². The number of aromatic amines is 1. The molecule has 4 heterocycles. The maximum absolute atomic E-state index is 16.4. The van der Waals surface area contributed by atoms with Crippen LogP contribution in [0, 0.1) is 11.6 Å². The summed E-state index contributed by atoms with van der Waals surface area (Å²) in [6, 6.07) is 18.9. The highest BCUT2D eigenvalue weighted by atomic mass is 31.2. The Hall–Kier alpha value is -5.95. The first-order valence-electron chi connectivity index (χ1n) is 18.4. The fraction of sp³-hybridized carbons (Fsp3) is 0.316. The summed E-state index contributed by atoms with van der Waals surface area (Å²) < 4.78 is 80.6. The molecule has 0 aliphatic carbocycles. The number of rotatable bonds is 13. The second-order valence-corrected chi connectivity index (χ2v) is 15.4. The maximum Gasteiger partial charge on any atom is 0.469 e. The molecule has 3 aromatic carbocycles. The molecule has 1 fully saturated rings. The molecule has 310 valence electrons. The first-order valence-corrected chi connectivity index (χ1v) is 20.0. The van der Waals surface area contributed by atoms with Gasteiger partial charge in [-0.25, -0.2) is 37.3 Å². The number of benzene rings is 3. The van der Waals surface area contributed by atoms with Crippen molar-refractivity contribution >= 4 is 19.2 Å². The Labute approximate surface area is 333 Å².